The summed E-state index contributed by atoms with van der Waals surface area (Å²) in [7, 11) is -5.71. The van der Waals surface area contributed by atoms with Crippen LogP contribution in [0.3, 0.4) is 0 Å². The highest BCUT2D eigenvalue weighted by atomic mass is 32.2. The van der Waals surface area contributed by atoms with E-state index in [1.54, 1.807) is 0 Å². The van der Waals surface area contributed by atoms with Crippen molar-refractivity contribution in [2.45, 2.75) is 19.0 Å². The lowest BCUT2D eigenvalue weighted by molar-refractivity contribution is -0.142. The van der Waals surface area contributed by atoms with E-state index in [-0.39, 0.29) is 6.61 Å². The number of benzene rings is 1. The summed E-state index contributed by atoms with van der Waals surface area (Å²) in [5.74, 6) is -1.09. The van der Waals surface area contributed by atoms with E-state index in [0.717, 1.165) is 19.1 Å². The minimum atomic E-state index is -5.71. The molecule has 0 aromatic heterocycles. The highest BCUT2D eigenvalue weighted by Crippen LogP contribution is 2.27. The van der Waals surface area contributed by atoms with Gasteiger partial charge in [0.2, 0.25) is 0 Å². The summed E-state index contributed by atoms with van der Waals surface area (Å²) in [6.45, 7) is 0.965. The molecule has 0 heterocycles. The van der Waals surface area contributed by atoms with Crippen molar-refractivity contribution in [3.8, 4) is 5.75 Å². The van der Waals surface area contributed by atoms with Gasteiger partial charge < -0.3 is 8.92 Å². The fraction of sp³-hybridized carbons (Fsp3) is 0.300. The van der Waals surface area contributed by atoms with Crippen LogP contribution in [-0.2, 0) is 26.3 Å². The first-order valence-electron chi connectivity index (χ1n) is 4.85. The first kappa shape index (κ1) is 15.3. The molecule has 0 atom stereocenters. The van der Waals surface area contributed by atoms with E-state index in [2.05, 4.69) is 8.92 Å². The van der Waals surface area contributed by atoms with Crippen molar-refractivity contribution in [2.75, 3.05) is 0 Å². The predicted molar refractivity (Wildman–Crippen MR) is 57.5 cm³/mol. The van der Waals surface area contributed by atoms with Crippen molar-refractivity contribution < 1.29 is 35.3 Å². The SMILES string of the molecule is CC(=O)OCc1cccc(OS(=O)(=O)C(F)(F)F)c1. The largest absolute Gasteiger partial charge is 0.534 e. The number of alkyl halides is 3. The monoisotopic (exact) mass is 298 g/mol. The molecule has 5 nitrogen and oxygen atoms in total. The maximum atomic E-state index is 12.1. The van der Waals surface area contributed by atoms with E-state index in [9.17, 15) is 26.4 Å². The molecule has 1 aromatic carbocycles. The standard InChI is InChI=1S/C10H9F3O5S/c1-7(14)17-6-8-3-2-4-9(5-8)18-19(15,16)10(11,12)13/h2-5H,6H2,1H3. The van der Waals surface area contributed by atoms with Gasteiger partial charge in [0.05, 0.1) is 0 Å². The lowest BCUT2D eigenvalue weighted by Gasteiger charge is -2.10. The molecule has 0 saturated heterocycles. The van der Waals surface area contributed by atoms with Crippen molar-refractivity contribution in [1.82, 2.24) is 0 Å². The van der Waals surface area contributed by atoms with Crippen LogP contribution in [0.15, 0.2) is 24.3 Å². The van der Waals surface area contributed by atoms with Gasteiger partial charge in [0.15, 0.2) is 0 Å². The Morgan fingerprint density at radius 2 is 1.95 bits per heavy atom. The van der Waals surface area contributed by atoms with Crippen LogP contribution in [0, 0.1) is 0 Å². The first-order chi connectivity index (χ1) is 8.62. The molecule has 0 aliphatic heterocycles. The highest BCUT2D eigenvalue weighted by molar-refractivity contribution is 7.87. The maximum absolute atomic E-state index is 12.1. The topological polar surface area (TPSA) is 69.7 Å². The summed E-state index contributed by atoms with van der Waals surface area (Å²) in [5, 5.41) is 0. The molecule has 1 rings (SSSR count). The van der Waals surface area contributed by atoms with Crippen molar-refractivity contribution in [2.24, 2.45) is 0 Å². The second kappa shape index (κ2) is 5.47. The Kier molecular flexibility index (Phi) is 4.40. The number of rotatable bonds is 4. The van der Waals surface area contributed by atoms with E-state index in [0.29, 0.717) is 5.56 Å². The quantitative estimate of drug-likeness (QED) is 0.483. The van der Waals surface area contributed by atoms with Crippen molar-refractivity contribution in [3.63, 3.8) is 0 Å². The second-order valence-corrected chi connectivity index (χ2v) is 4.95. The number of halogens is 3. The van der Waals surface area contributed by atoms with Crippen LogP contribution in [0.25, 0.3) is 0 Å². The molecular weight excluding hydrogens is 289 g/mol. The van der Waals surface area contributed by atoms with Crippen molar-refractivity contribution in [1.29, 1.82) is 0 Å². The summed E-state index contributed by atoms with van der Waals surface area (Å²) < 4.78 is 66.3. The zero-order valence-corrected chi connectivity index (χ0v) is 10.4. The predicted octanol–water partition coefficient (Wildman–Crippen LogP) is 1.98. The molecule has 19 heavy (non-hydrogen) atoms. The average molecular weight is 298 g/mol. The molecule has 0 aliphatic rings. The zero-order valence-electron chi connectivity index (χ0n) is 9.60. The number of hydrogen-bond acceptors (Lipinski definition) is 5. The van der Waals surface area contributed by atoms with Crippen LogP contribution in [0.4, 0.5) is 13.2 Å². The lowest BCUT2D eigenvalue weighted by Crippen LogP contribution is -2.28. The van der Waals surface area contributed by atoms with E-state index >= 15 is 0 Å². The van der Waals surface area contributed by atoms with Gasteiger partial charge in [0.25, 0.3) is 0 Å². The number of esters is 1. The molecule has 0 aliphatic carbocycles. The van der Waals surface area contributed by atoms with Crippen LogP contribution < -0.4 is 4.18 Å². The Bertz CT molecular complexity index is 565. The van der Waals surface area contributed by atoms with Crippen LogP contribution in [0.2, 0.25) is 0 Å². The molecule has 0 spiro atoms. The summed E-state index contributed by atoms with van der Waals surface area (Å²) >= 11 is 0. The molecular formula is C10H9F3O5S. The van der Waals surface area contributed by atoms with Crippen LogP contribution in [0.5, 0.6) is 5.75 Å². The molecule has 0 N–H and O–H groups in total. The zero-order chi connectivity index (χ0) is 14.7. The van der Waals surface area contributed by atoms with E-state index in [4.69, 9.17) is 0 Å². The molecule has 0 fully saturated rings. The van der Waals surface area contributed by atoms with Crippen LogP contribution in [-0.4, -0.2) is 19.9 Å². The fourth-order valence-electron chi connectivity index (χ4n) is 1.05. The van der Waals surface area contributed by atoms with Gasteiger partial charge in [-0.3, -0.25) is 4.79 Å². The Balaban J connectivity index is 2.86. The minimum absolute atomic E-state index is 0.196. The molecule has 106 valence electrons. The highest BCUT2D eigenvalue weighted by Gasteiger charge is 2.48. The van der Waals surface area contributed by atoms with E-state index in [1.165, 1.54) is 12.1 Å². The summed E-state index contributed by atoms with van der Waals surface area (Å²) in [6, 6.07) is 4.79. The number of ether oxygens (including phenoxy) is 1. The molecule has 1 aromatic rings. The van der Waals surface area contributed by atoms with Gasteiger partial charge in [-0.15, -0.1) is 0 Å². The van der Waals surface area contributed by atoms with Gasteiger partial charge in [-0.2, -0.15) is 21.6 Å². The first-order valence-corrected chi connectivity index (χ1v) is 6.26. The Morgan fingerprint density at radius 1 is 1.32 bits per heavy atom. The Morgan fingerprint density at radius 3 is 2.47 bits per heavy atom. The molecule has 0 saturated carbocycles. The third kappa shape index (κ3) is 4.43. The van der Waals surface area contributed by atoms with Crippen molar-refractivity contribution >= 4 is 16.1 Å². The molecule has 0 amide bonds. The fourth-order valence-corrected chi connectivity index (χ4v) is 1.50. The van der Waals surface area contributed by atoms with Crippen LogP contribution >= 0.6 is 0 Å². The molecule has 9 heteroatoms. The number of carbonyl (C=O) groups excluding carboxylic acids is 1. The van der Waals surface area contributed by atoms with Gasteiger partial charge >= 0.3 is 21.6 Å². The lowest BCUT2D eigenvalue weighted by atomic mass is 10.2. The van der Waals surface area contributed by atoms with Gasteiger partial charge in [0, 0.05) is 6.92 Å². The third-order valence-corrected chi connectivity index (χ3v) is 2.81. The molecule has 0 unspecified atom stereocenters. The van der Waals surface area contributed by atoms with Gasteiger partial charge in [0.1, 0.15) is 12.4 Å². The molecule has 0 bridgehead atoms. The summed E-state index contributed by atoms with van der Waals surface area (Å²) in [5.41, 5.74) is -5.20. The van der Waals surface area contributed by atoms with Gasteiger partial charge in [-0.05, 0) is 17.7 Å². The van der Waals surface area contributed by atoms with E-state index < -0.39 is 27.3 Å². The average Bonchev–Trinajstić information content (AvgIpc) is 2.24. The van der Waals surface area contributed by atoms with E-state index in [1.807, 2.05) is 0 Å². The van der Waals surface area contributed by atoms with Gasteiger partial charge in [-0.1, -0.05) is 12.1 Å². The number of hydrogen-bond donors (Lipinski definition) is 0. The van der Waals surface area contributed by atoms with Crippen LogP contribution in [0.1, 0.15) is 12.5 Å². The van der Waals surface area contributed by atoms with Gasteiger partial charge in [-0.25, -0.2) is 0 Å². The summed E-state index contributed by atoms with van der Waals surface area (Å²) in [4.78, 5) is 10.6. The smallest absolute Gasteiger partial charge is 0.461 e. The third-order valence-electron chi connectivity index (χ3n) is 1.83. The normalized spacial score (nSPS) is 12.0. The minimum Gasteiger partial charge on any atom is -0.461 e. The number of carbonyl (C=O) groups is 1. The summed E-state index contributed by atoms with van der Waals surface area (Å²) in [6.07, 6.45) is 0. The Labute approximate surface area is 107 Å². The second-order valence-electron chi connectivity index (χ2n) is 3.41. The molecule has 0 radical (unpaired) electrons. The maximum Gasteiger partial charge on any atom is 0.534 e. The Hall–Kier alpha value is -1.77. The van der Waals surface area contributed by atoms with Crippen molar-refractivity contribution in [3.05, 3.63) is 29.8 Å².